The number of nitrogens with two attached hydrogens (primary N) is 1. The number of hydrogen-bond donors (Lipinski definition) is 2. The maximum Gasteiger partial charge on any atom is 0.222 e. The van der Waals surface area contributed by atoms with Crippen molar-refractivity contribution in [1.82, 2.24) is 10.2 Å². The summed E-state index contributed by atoms with van der Waals surface area (Å²) in [6, 6.07) is 0. The average Bonchev–Trinajstić information content (AvgIpc) is 2.34. The van der Waals surface area contributed by atoms with Gasteiger partial charge in [-0.1, -0.05) is 0 Å². The first kappa shape index (κ1) is 14.6. The first-order chi connectivity index (χ1) is 8.15. The summed E-state index contributed by atoms with van der Waals surface area (Å²) in [6.45, 7) is 2.50. The molecule has 1 atom stereocenters. The van der Waals surface area contributed by atoms with Crippen molar-refractivity contribution in [2.75, 3.05) is 31.6 Å². The fourth-order valence-corrected chi connectivity index (χ4v) is 2.62. The standard InChI is InChI=1S/C11H21N3OS2/c1-17-7-3-5-13-11(16)14-6-2-4-9(8-14)10(12)15/h9H,2-8H2,1H3,(H2,12,15)(H,13,16)/t9-/m0/s1. The third-order valence-electron chi connectivity index (χ3n) is 2.91. The second-order valence-electron chi connectivity index (χ2n) is 4.27. The van der Waals surface area contributed by atoms with Crippen molar-refractivity contribution in [1.29, 1.82) is 0 Å². The van der Waals surface area contributed by atoms with E-state index >= 15 is 0 Å². The average molecular weight is 275 g/mol. The van der Waals surface area contributed by atoms with Crippen LogP contribution < -0.4 is 11.1 Å². The van der Waals surface area contributed by atoms with Gasteiger partial charge in [0.05, 0.1) is 5.92 Å². The minimum atomic E-state index is -0.208. The monoisotopic (exact) mass is 275 g/mol. The van der Waals surface area contributed by atoms with Gasteiger partial charge in [-0.2, -0.15) is 11.8 Å². The first-order valence-electron chi connectivity index (χ1n) is 5.96. The molecule has 1 aliphatic rings. The zero-order valence-electron chi connectivity index (χ0n) is 10.3. The maximum absolute atomic E-state index is 11.2. The quantitative estimate of drug-likeness (QED) is 0.574. The Labute approximate surface area is 113 Å². The Balaban J connectivity index is 2.28. The summed E-state index contributed by atoms with van der Waals surface area (Å²) in [6.07, 6.45) is 5.08. The van der Waals surface area contributed by atoms with Crippen LogP contribution in [0.1, 0.15) is 19.3 Å². The van der Waals surface area contributed by atoms with Crippen LogP contribution in [-0.2, 0) is 4.79 Å². The van der Waals surface area contributed by atoms with Gasteiger partial charge < -0.3 is 16.0 Å². The number of amides is 1. The van der Waals surface area contributed by atoms with Gasteiger partial charge in [-0.15, -0.1) is 0 Å². The second kappa shape index (κ2) is 7.76. The summed E-state index contributed by atoms with van der Waals surface area (Å²) in [4.78, 5) is 13.2. The number of piperidine rings is 1. The van der Waals surface area contributed by atoms with E-state index in [2.05, 4.69) is 16.5 Å². The lowest BCUT2D eigenvalue weighted by molar-refractivity contribution is -0.122. The highest BCUT2D eigenvalue weighted by Gasteiger charge is 2.24. The molecule has 0 spiro atoms. The number of carbonyl (C=O) groups is 1. The molecule has 4 nitrogen and oxygen atoms in total. The second-order valence-corrected chi connectivity index (χ2v) is 5.64. The zero-order chi connectivity index (χ0) is 12.7. The Morgan fingerprint density at radius 3 is 3.06 bits per heavy atom. The van der Waals surface area contributed by atoms with Crippen LogP contribution in [0.15, 0.2) is 0 Å². The zero-order valence-corrected chi connectivity index (χ0v) is 11.9. The lowest BCUT2D eigenvalue weighted by Crippen LogP contribution is -2.48. The Morgan fingerprint density at radius 2 is 2.41 bits per heavy atom. The molecule has 0 aliphatic carbocycles. The van der Waals surface area contributed by atoms with Gasteiger partial charge in [0.2, 0.25) is 5.91 Å². The molecule has 3 N–H and O–H groups in total. The third kappa shape index (κ3) is 5.12. The van der Waals surface area contributed by atoms with Gasteiger partial charge >= 0.3 is 0 Å². The summed E-state index contributed by atoms with van der Waals surface area (Å²) >= 11 is 7.15. The third-order valence-corrected chi connectivity index (χ3v) is 4.01. The van der Waals surface area contributed by atoms with Crippen molar-refractivity contribution in [3.63, 3.8) is 0 Å². The topological polar surface area (TPSA) is 58.4 Å². The number of primary amides is 1. The van der Waals surface area contributed by atoms with E-state index in [1.165, 1.54) is 0 Å². The minimum Gasteiger partial charge on any atom is -0.369 e. The van der Waals surface area contributed by atoms with Gasteiger partial charge in [-0.25, -0.2) is 0 Å². The van der Waals surface area contributed by atoms with Crippen LogP contribution in [0.4, 0.5) is 0 Å². The van der Waals surface area contributed by atoms with Crippen LogP contribution in [0.5, 0.6) is 0 Å². The predicted octanol–water partition coefficient (Wildman–Crippen LogP) is 0.811. The van der Waals surface area contributed by atoms with E-state index in [-0.39, 0.29) is 11.8 Å². The van der Waals surface area contributed by atoms with Crippen LogP contribution >= 0.6 is 24.0 Å². The molecule has 0 aromatic heterocycles. The molecule has 1 rings (SSSR count). The fraction of sp³-hybridized carbons (Fsp3) is 0.818. The maximum atomic E-state index is 11.2. The van der Waals surface area contributed by atoms with E-state index in [0.29, 0.717) is 6.54 Å². The van der Waals surface area contributed by atoms with Gasteiger partial charge in [-0.05, 0) is 43.5 Å². The summed E-state index contributed by atoms with van der Waals surface area (Å²) < 4.78 is 0. The Hall–Kier alpha value is -0.490. The SMILES string of the molecule is CSCCCNC(=S)N1CCC[C@H](C(N)=O)C1. The predicted molar refractivity (Wildman–Crippen MR) is 77.1 cm³/mol. The molecular weight excluding hydrogens is 254 g/mol. The normalized spacial score (nSPS) is 20.1. The van der Waals surface area contributed by atoms with Gasteiger partial charge in [0, 0.05) is 19.6 Å². The number of thiocarbonyl (C=S) groups is 1. The van der Waals surface area contributed by atoms with Gasteiger partial charge in [0.1, 0.15) is 0 Å². The van der Waals surface area contributed by atoms with Crippen LogP contribution in [-0.4, -0.2) is 47.6 Å². The molecule has 1 aliphatic heterocycles. The summed E-state index contributed by atoms with van der Waals surface area (Å²) in [5.74, 6) is 0.883. The van der Waals surface area contributed by atoms with Crippen LogP contribution in [0.2, 0.25) is 0 Å². The minimum absolute atomic E-state index is 0.0466. The molecule has 1 saturated heterocycles. The molecule has 17 heavy (non-hydrogen) atoms. The van der Waals surface area contributed by atoms with Crippen LogP contribution in [0.25, 0.3) is 0 Å². The molecule has 0 aromatic carbocycles. The summed E-state index contributed by atoms with van der Waals surface area (Å²) in [5, 5.41) is 4.00. The number of thioether (sulfide) groups is 1. The lowest BCUT2D eigenvalue weighted by atomic mass is 9.98. The molecule has 0 radical (unpaired) electrons. The number of rotatable bonds is 5. The fourth-order valence-electron chi connectivity index (χ4n) is 1.92. The van der Waals surface area contributed by atoms with Crippen molar-refractivity contribution in [3.8, 4) is 0 Å². The largest absolute Gasteiger partial charge is 0.369 e. The number of nitrogens with zero attached hydrogens (tertiary/aromatic N) is 1. The van der Waals surface area contributed by atoms with E-state index in [9.17, 15) is 4.79 Å². The summed E-state index contributed by atoms with van der Waals surface area (Å²) in [7, 11) is 0. The highest BCUT2D eigenvalue weighted by atomic mass is 32.2. The van der Waals surface area contributed by atoms with Crippen molar-refractivity contribution in [2.45, 2.75) is 19.3 Å². The number of carbonyl (C=O) groups excluding carboxylic acids is 1. The molecule has 98 valence electrons. The molecule has 0 bridgehead atoms. The molecule has 1 amide bonds. The van der Waals surface area contributed by atoms with Gasteiger partial charge in [-0.3, -0.25) is 4.79 Å². The molecule has 1 heterocycles. The van der Waals surface area contributed by atoms with Crippen molar-refractivity contribution in [3.05, 3.63) is 0 Å². The molecule has 6 heteroatoms. The lowest BCUT2D eigenvalue weighted by Gasteiger charge is -2.33. The highest BCUT2D eigenvalue weighted by molar-refractivity contribution is 7.98. The van der Waals surface area contributed by atoms with Crippen molar-refractivity contribution >= 4 is 35.0 Å². The van der Waals surface area contributed by atoms with E-state index in [1.807, 2.05) is 11.8 Å². The van der Waals surface area contributed by atoms with E-state index in [0.717, 1.165) is 43.2 Å². The summed E-state index contributed by atoms with van der Waals surface area (Å²) in [5.41, 5.74) is 5.34. The van der Waals surface area contributed by atoms with Crippen molar-refractivity contribution < 1.29 is 4.79 Å². The highest BCUT2D eigenvalue weighted by Crippen LogP contribution is 2.15. The number of nitrogens with one attached hydrogen (secondary N) is 1. The molecule has 1 fully saturated rings. The Bertz CT molecular complexity index is 273. The van der Waals surface area contributed by atoms with E-state index in [1.54, 1.807) is 0 Å². The van der Waals surface area contributed by atoms with E-state index < -0.39 is 0 Å². The van der Waals surface area contributed by atoms with Crippen LogP contribution in [0, 0.1) is 5.92 Å². The molecular formula is C11H21N3OS2. The first-order valence-corrected chi connectivity index (χ1v) is 7.76. The number of hydrogen-bond acceptors (Lipinski definition) is 3. The Kier molecular flexibility index (Phi) is 6.65. The van der Waals surface area contributed by atoms with Gasteiger partial charge in [0.25, 0.3) is 0 Å². The molecule has 0 saturated carbocycles. The smallest absolute Gasteiger partial charge is 0.222 e. The van der Waals surface area contributed by atoms with E-state index in [4.69, 9.17) is 18.0 Å². The van der Waals surface area contributed by atoms with Gasteiger partial charge in [0.15, 0.2) is 5.11 Å². The molecule has 0 unspecified atom stereocenters. The molecule has 0 aromatic rings. The Morgan fingerprint density at radius 1 is 1.65 bits per heavy atom. The number of likely N-dealkylation sites (tertiary alicyclic amines) is 1. The van der Waals surface area contributed by atoms with Crippen LogP contribution in [0.3, 0.4) is 0 Å². The van der Waals surface area contributed by atoms with Crippen molar-refractivity contribution in [2.24, 2.45) is 11.7 Å².